The maximum Gasteiger partial charge on any atom is 0.202 e. The third-order valence-electron chi connectivity index (χ3n) is 2.35. The smallest absolute Gasteiger partial charge is 0.202 e. The van der Waals surface area contributed by atoms with Crippen LogP contribution in [0.15, 0.2) is 29.2 Å². The molecule has 2 heterocycles. The summed E-state index contributed by atoms with van der Waals surface area (Å²) < 4.78 is 2.16. The number of imidazole rings is 1. The van der Waals surface area contributed by atoms with E-state index in [1.54, 1.807) is 11.3 Å². The van der Waals surface area contributed by atoms with E-state index in [1.807, 2.05) is 12.4 Å². The van der Waals surface area contributed by atoms with Gasteiger partial charge in [0.05, 0.1) is 0 Å². The van der Waals surface area contributed by atoms with Crippen molar-refractivity contribution in [2.75, 3.05) is 5.32 Å². The molecule has 2 rings (SSSR count). The molecular formula is C12H17N3S. The summed E-state index contributed by atoms with van der Waals surface area (Å²) in [7, 11) is 0. The summed E-state index contributed by atoms with van der Waals surface area (Å²) in [5, 5.41) is 7.66. The maximum atomic E-state index is 4.31. The molecule has 0 bridgehead atoms. The summed E-state index contributed by atoms with van der Waals surface area (Å²) in [6.45, 7) is 5.22. The van der Waals surface area contributed by atoms with E-state index in [0.29, 0.717) is 6.04 Å². The molecule has 0 saturated heterocycles. The largest absolute Gasteiger partial charge is 0.353 e. The van der Waals surface area contributed by atoms with Crippen molar-refractivity contribution in [3.8, 4) is 0 Å². The van der Waals surface area contributed by atoms with Crippen LogP contribution < -0.4 is 5.32 Å². The molecule has 86 valence electrons. The average Bonchev–Trinajstić information content (AvgIpc) is 2.84. The lowest BCUT2D eigenvalue weighted by Gasteiger charge is -2.11. The fraction of sp³-hybridized carbons (Fsp3) is 0.417. The van der Waals surface area contributed by atoms with Gasteiger partial charge < -0.3 is 9.88 Å². The van der Waals surface area contributed by atoms with Crippen molar-refractivity contribution in [2.24, 2.45) is 0 Å². The van der Waals surface area contributed by atoms with Crippen molar-refractivity contribution in [3.63, 3.8) is 0 Å². The fourth-order valence-corrected chi connectivity index (χ4v) is 2.28. The van der Waals surface area contributed by atoms with Crippen molar-refractivity contribution < 1.29 is 0 Å². The Labute approximate surface area is 100 Å². The van der Waals surface area contributed by atoms with Crippen LogP contribution >= 0.6 is 11.3 Å². The molecule has 0 spiro atoms. The predicted molar refractivity (Wildman–Crippen MR) is 69.0 cm³/mol. The van der Waals surface area contributed by atoms with E-state index in [9.17, 15) is 0 Å². The van der Waals surface area contributed by atoms with E-state index in [1.165, 1.54) is 5.56 Å². The van der Waals surface area contributed by atoms with E-state index in [4.69, 9.17) is 0 Å². The highest BCUT2D eigenvalue weighted by atomic mass is 32.1. The Bertz CT molecular complexity index is 417. The Balaban J connectivity index is 1.96. The molecule has 0 atom stereocenters. The number of anilines is 1. The Morgan fingerprint density at radius 2 is 2.38 bits per heavy atom. The molecule has 4 heteroatoms. The lowest BCUT2D eigenvalue weighted by molar-refractivity contribution is 0.693. The quantitative estimate of drug-likeness (QED) is 0.863. The molecule has 3 nitrogen and oxygen atoms in total. The first-order valence-electron chi connectivity index (χ1n) is 5.54. The van der Waals surface area contributed by atoms with E-state index >= 15 is 0 Å². The minimum absolute atomic E-state index is 0.419. The summed E-state index contributed by atoms with van der Waals surface area (Å²) >= 11 is 1.75. The standard InChI is InChI=1S/C12H17N3S/c1-10(2)14-12-13-5-7-15(12)6-3-11-4-8-16-9-11/h4-5,7-10H,3,6H2,1-2H3,(H,13,14). The molecule has 0 fully saturated rings. The SMILES string of the molecule is CC(C)Nc1nccn1CCc1ccsc1. The van der Waals surface area contributed by atoms with Gasteiger partial charge in [0.1, 0.15) is 0 Å². The molecular weight excluding hydrogens is 218 g/mol. The lowest BCUT2D eigenvalue weighted by atomic mass is 10.2. The van der Waals surface area contributed by atoms with Crippen LogP contribution in [0.25, 0.3) is 0 Å². The van der Waals surface area contributed by atoms with Gasteiger partial charge in [0, 0.05) is 25.0 Å². The summed E-state index contributed by atoms with van der Waals surface area (Å²) in [5.41, 5.74) is 1.40. The van der Waals surface area contributed by atoms with E-state index < -0.39 is 0 Å². The molecule has 2 aromatic rings. The first-order valence-corrected chi connectivity index (χ1v) is 6.48. The van der Waals surface area contributed by atoms with Crippen LogP contribution in [-0.2, 0) is 13.0 Å². The molecule has 0 aliphatic carbocycles. The van der Waals surface area contributed by atoms with E-state index in [2.05, 4.69) is 45.5 Å². The molecule has 16 heavy (non-hydrogen) atoms. The number of aromatic nitrogens is 2. The zero-order valence-electron chi connectivity index (χ0n) is 9.68. The van der Waals surface area contributed by atoms with Gasteiger partial charge >= 0.3 is 0 Å². The minimum Gasteiger partial charge on any atom is -0.353 e. The van der Waals surface area contributed by atoms with Gasteiger partial charge in [0.15, 0.2) is 0 Å². The highest BCUT2D eigenvalue weighted by Gasteiger charge is 2.03. The zero-order valence-corrected chi connectivity index (χ0v) is 10.5. The Morgan fingerprint density at radius 1 is 1.50 bits per heavy atom. The van der Waals surface area contributed by atoms with Crippen LogP contribution in [0.1, 0.15) is 19.4 Å². The van der Waals surface area contributed by atoms with Crippen molar-refractivity contribution in [1.82, 2.24) is 9.55 Å². The van der Waals surface area contributed by atoms with Crippen molar-refractivity contribution in [3.05, 3.63) is 34.8 Å². The highest BCUT2D eigenvalue weighted by Crippen LogP contribution is 2.11. The van der Waals surface area contributed by atoms with E-state index in [0.717, 1.165) is 18.9 Å². The molecule has 0 aromatic carbocycles. The van der Waals surface area contributed by atoms with Crippen LogP contribution in [0.2, 0.25) is 0 Å². The summed E-state index contributed by atoms with van der Waals surface area (Å²) in [6, 6.07) is 2.60. The van der Waals surface area contributed by atoms with Crippen LogP contribution in [-0.4, -0.2) is 15.6 Å². The summed E-state index contributed by atoms with van der Waals surface area (Å²) in [6.07, 6.45) is 4.93. The molecule has 0 unspecified atom stereocenters. The second kappa shape index (κ2) is 5.16. The first-order chi connectivity index (χ1) is 7.75. The van der Waals surface area contributed by atoms with Crippen LogP contribution in [0.5, 0.6) is 0 Å². The number of hydrogen-bond acceptors (Lipinski definition) is 3. The predicted octanol–water partition coefficient (Wildman–Crippen LogP) is 3.01. The number of nitrogens with zero attached hydrogens (tertiary/aromatic N) is 2. The molecule has 0 aliphatic heterocycles. The number of aryl methyl sites for hydroxylation is 2. The summed E-state index contributed by atoms with van der Waals surface area (Å²) in [5.74, 6) is 0.963. The van der Waals surface area contributed by atoms with Crippen molar-refractivity contribution in [2.45, 2.75) is 32.9 Å². The Hall–Kier alpha value is -1.29. The number of thiophene rings is 1. The van der Waals surface area contributed by atoms with Gasteiger partial charge in [0.25, 0.3) is 0 Å². The maximum absolute atomic E-state index is 4.31. The van der Waals surface area contributed by atoms with Crippen LogP contribution in [0.3, 0.4) is 0 Å². The van der Waals surface area contributed by atoms with Gasteiger partial charge in [-0.2, -0.15) is 11.3 Å². The lowest BCUT2D eigenvalue weighted by Crippen LogP contribution is -2.15. The van der Waals surface area contributed by atoms with Crippen LogP contribution in [0, 0.1) is 0 Å². The summed E-state index contributed by atoms with van der Waals surface area (Å²) in [4.78, 5) is 4.31. The van der Waals surface area contributed by atoms with Crippen molar-refractivity contribution >= 4 is 17.3 Å². The third kappa shape index (κ3) is 2.85. The average molecular weight is 235 g/mol. The van der Waals surface area contributed by atoms with Gasteiger partial charge in [-0.05, 0) is 42.7 Å². The molecule has 2 aromatic heterocycles. The third-order valence-corrected chi connectivity index (χ3v) is 3.09. The van der Waals surface area contributed by atoms with Crippen LogP contribution in [0.4, 0.5) is 5.95 Å². The van der Waals surface area contributed by atoms with E-state index in [-0.39, 0.29) is 0 Å². The highest BCUT2D eigenvalue weighted by molar-refractivity contribution is 7.07. The van der Waals surface area contributed by atoms with Gasteiger partial charge in [0.2, 0.25) is 5.95 Å². The topological polar surface area (TPSA) is 29.9 Å². The fourth-order valence-electron chi connectivity index (χ4n) is 1.57. The van der Waals surface area contributed by atoms with Gasteiger partial charge in [-0.15, -0.1) is 0 Å². The number of nitrogens with one attached hydrogen (secondary N) is 1. The molecule has 0 radical (unpaired) electrons. The normalized spacial score (nSPS) is 10.9. The molecule has 1 N–H and O–H groups in total. The monoisotopic (exact) mass is 235 g/mol. The van der Waals surface area contributed by atoms with Gasteiger partial charge in [-0.3, -0.25) is 0 Å². The minimum atomic E-state index is 0.419. The van der Waals surface area contributed by atoms with Crippen molar-refractivity contribution in [1.29, 1.82) is 0 Å². The van der Waals surface area contributed by atoms with Gasteiger partial charge in [-0.25, -0.2) is 4.98 Å². The zero-order chi connectivity index (χ0) is 11.4. The molecule has 0 saturated carbocycles. The number of rotatable bonds is 5. The first kappa shape index (κ1) is 11.2. The van der Waals surface area contributed by atoms with Gasteiger partial charge in [-0.1, -0.05) is 0 Å². The number of hydrogen-bond donors (Lipinski definition) is 1. The Kier molecular flexibility index (Phi) is 3.62. The molecule has 0 amide bonds. The molecule has 0 aliphatic rings. The second-order valence-corrected chi connectivity index (χ2v) is 4.90. The Morgan fingerprint density at radius 3 is 3.06 bits per heavy atom. The second-order valence-electron chi connectivity index (χ2n) is 4.12.